The zero-order chi connectivity index (χ0) is 14.9. The van der Waals surface area contributed by atoms with Crippen molar-refractivity contribution in [3.8, 4) is 0 Å². The van der Waals surface area contributed by atoms with Crippen LogP contribution in [0.15, 0.2) is 28.9 Å². The van der Waals surface area contributed by atoms with Crippen molar-refractivity contribution in [3.63, 3.8) is 0 Å². The smallest absolute Gasteiger partial charge is 0.256 e. The number of benzene rings is 1. The molecule has 2 rings (SSSR count). The highest BCUT2D eigenvalue weighted by atomic mass is 79.9. The van der Waals surface area contributed by atoms with Gasteiger partial charge in [-0.05, 0) is 46.6 Å². The third-order valence-corrected chi connectivity index (χ3v) is 4.09. The highest BCUT2D eigenvalue weighted by Crippen LogP contribution is 2.29. The molecule has 1 amide bonds. The molecule has 0 unspecified atom stereocenters. The molecular weight excluding hydrogens is 365 g/mol. The summed E-state index contributed by atoms with van der Waals surface area (Å²) in [6.07, 6.45) is 1.62. The molecule has 7 heteroatoms. The first-order chi connectivity index (χ1) is 9.38. The van der Waals surface area contributed by atoms with E-state index < -0.39 is 0 Å². The Balaban J connectivity index is 2.26. The van der Waals surface area contributed by atoms with Gasteiger partial charge in [-0.25, -0.2) is 4.98 Å². The molecule has 1 aromatic heterocycles. The predicted octanol–water partition coefficient (Wildman–Crippen LogP) is 4.29. The number of hydrogen-bond donors (Lipinski definition) is 2. The van der Waals surface area contributed by atoms with Gasteiger partial charge < -0.3 is 11.1 Å². The van der Waals surface area contributed by atoms with Gasteiger partial charge in [-0.2, -0.15) is 0 Å². The molecule has 1 heterocycles. The van der Waals surface area contributed by atoms with Gasteiger partial charge in [-0.1, -0.05) is 23.2 Å². The van der Waals surface area contributed by atoms with Crippen LogP contribution in [0.2, 0.25) is 10.0 Å². The van der Waals surface area contributed by atoms with Gasteiger partial charge in [0.25, 0.3) is 5.91 Å². The Morgan fingerprint density at radius 1 is 1.30 bits per heavy atom. The van der Waals surface area contributed by atoms with Gasteiger partial charge in [0, 0.05) is 16.2 Å². The number of aromatic nitrogens is 1. The van der Waals surface area contributed by atoms with Gasteiger partial charge in [0.05, 0.1) is 15.7 Å². The number of pyridine rings is 1. The maximum absolute atomic E-state index is 12.1. The Labute approximate surface area is 134 Å². The number of rotatable bonds is 2. The van der Waals surface area contributed by atoms with Gasteiger partial charge in [-0.3, -0.25) is 4.79 Å². The molecule has 0 saturated carbocycles. The van der Waals surface area contributed by atoms with Crippen molar-refractivity contribution >= 4 is 56.5 Å². The minimum Gasteiger partial charge on any atom is -0.396 e. The topological polar surface area (TPSA) is 68.0 Å². The van der Waals surface area contributed by atoms with E-state index in [1.807, 2.05) is 6.92 Å². The van der Waals surface area contributed by atoms with Crippen molar-refractivity contribution in [2.75, 3.05) is 11.1 Å². The van der Waals surface area contributed by atoms with Crippen LogP contribution in [0.1, 0.15) is 15.9 Å². The van der Waals surface area contributed by atoms with E-state index in [2.05, 4.69) is 26.2 Å². The monoisotopic (exact) mass is 373 g/mol. The van der Waals surface area contributed by atoms with Gasteiger partial charge in [0.1, 0.15) is 5.82 Å². The number of nitrogen functional groups attached to an aromatic ring is 1. The normalized spacial score (nSPS) is 10.4. The molecule has 2 aromatic rings. The Morgan fingerprint density at radius 2 is 1.90 bits per heavy atom. The third-order valence-electron chi connectivity index (χ3n) is 2.63. The molecule has 0 radical (unpaired) electrons. The lowest BCUT2D eigenvalue weighted by Crippen LogP contribution is -2.13. The van der Waals surface area contributed by atoms with Crippen molar-refractivity contribution in [1.82, 2.24) is 4.98 Å². The van der Waals surface area contributed by atoms with Crippen molar-refractivity contribution in [3.05, 3.63) is 50.0 Å². The van der Waals surface area contributed by atoms with E-state index in [-0.39, 0.29) is 21.6 Å². The number of amides is 1. The van der Waals surface area contributed by atoms with E-state index in [0.717, 1.165) is 10.0 Å². The average Bonchev–Trinajstić information content (AvgIpc) is 2.39. The van der Waals surface area contributed by atoms with E-state index in [1.165, 1.54) is 12.1 Å². The van der Waals surface area contributed by atoms with E-state index >= 15 is 0 Å². The molecule has 104 valence electrons. The highest BCUT2D eigenvalue weighted by molar-refractivity contribution is 9.10. The zero-order valence-electron chi connectivity index (χ0n) is 10.4. The largest absolute Gasteiger partial charge is 0.396 e. The van der Waals surface area contributed by atoms with E-state index in [4.69, 9.17) is 28.9 Å². The lowest BCUT2D eigenvalue weighted by molar-refractivity contribution is 0.102. The summed E-state index contributed by atoms with van der Waals surface area (Å²) in [5, 5.41) is 3.15. The molecular formula is C13H10BrCl2N3O. The number of anilines is 2. The Kier molecular flexibility index (Phi) is 4.52. The standard InChI is InChI=1S/C13H10BrCl2N3O/c1-6-2-11(18-5-8(6)14)19-13(20)7-3-9(15)12(17)10(16)4-7/h2-5H,17H2,1H3,(H,18,19,20). The van der Waals surface area contributed by atoms with Crippen molar-refractivity contribution in [2.24, 2.45) is 0 Å². The quantitative estimate of drug-likeness (QED) is 0.770. The third kappa shape index (κ3) is 3.23. The SMILES string of the molecule is Cc1cc(NC(=O)c2cc(Cl)c(N)c(Cl)c2)ncc1Br. The highest BCUT2D eigenvalue weighted by Gasteiger charge is 2.12. The molecule has 4 nitrogen and oxygen atoms in total. The summed E-state index contributed by atoms with van der Waals surface area (Å²) in [5.74, 6) is 0.0859. The van der Waals surface area contributed by atoms with Crippen LogP contribution >= 0.6 is 39.1 Å². The fraction of sp³-hybridized carbons (Fsp3) is 0.0769. The first kappa shape index (κ1) is 15.1. The van der Waals surface area contributed by atoms with Gasteiger partial charge >= 0.3 is 0 Å². The maximum Gasteiger partial charge on any atom is 0.256 e. The summed E-state index contributed by atoms with van der Waals surface area (Å²) in [6, 6.07) is 4.68. The molecule has 0 saturated heterocycles. The Morgan fingerprint density at radius 3 is 2.45 bits per heavy atom. The van der Waals surface area contributed by atoms with Crippen LogP contribution in [0, 0.1) is 6.92 Å². The van der Waals surface area contributed by atoms with Gasteiger partial charge in [0.15, 0.2) is 0 Å². The molecule has 0 spiro atoms. The van der Waals surface area contributed by atoms with Crippen molar-refractivity contribution in [1.29, 1.82) is 0 Å². The first-order valence-corrected chi connectivity index (χ1v) is 7.11. The molecule has 0 fully saturated rings. The number of halogens is 3. The number of nitrogens with one attached hydrogen (secondary N) is 1. The van der Waals surface area contributed by atoms with Crippen LogP contribution in [-0.2, 0) is 0 Å². The minimum absolute atomic E-state index is 0.239. The molecule has 0 atom stereocenters. The lowest BCUT2D eigenvalue weighted by Gasteiger charge is -2.08. The summed E-state index contributed by atoms with van der Waals surface area (Å²) in [6.45, 7) is 1.90. The van der Waals surface area contributed by atoms with Crippen molar-refractivity contribution < 1.29 is 4.79 Å². The second kappa shape index (κ2) is 5.99. The summed E-state index contributed by atoms with van der Waals surface area (Å²) < 4.78 is 0.870. The van der Waals surface area contributed by atoms with Crippen LogP contribution in [0.5, 0.6) is 0 Å². The zero-order valence-corrected chi connectivity index (χ0v) is 13.5. The van der Waals surface area contributed by atoms with Crippen LogP contribution in [0.25, 0.3) is 0 Å². The van der Waals surface area contributed by atoms with Crippen molar-refractivity contribution in [2.45, 2.75) is 6.92 Å². The molecule has 0 aliphatic heterocycles. The lowest BCUT2D eigenvalue weighted by atomic mass is 10.2. The number of hydrogen-bond acceptors (Lipinski definition) is 3. The van der Waals surface area contributed by atoms with E-state index in [1.54, 1.807) is 12.3 Å². The second-order valence-electron chi connectivity index (χ2n) is 4.13. The summed E-state index contributed by atoms with van der Waals surface area (Å²) in [4.78, 5) is 16.2. The Hall–Kier alpha value is -1.30. The number of nitrogens with zero attached hydrogens (tertiary/aromatic N) is 1. The number of carbonyl (C=O) groups excluding carboxylic acids is 1. The predicted molar refractivity (Wildman–Crippen MR) is 85.5 cm³/mol. The summed E-state index contributed by atoms with van der Waals surface area (Å²) in [7, 11) is 0. The number of nitrogens with two attached hydrogens (primary N) is 1. The van der Waals surface area contributed by atoms with E-state index in [9.17, 15) is 4.79 Å². The van der Waals surface area contributed by atoms with Crippen LogP contribution < -0.4 is 11.1 Å². The molecule has 3 N–H and O–H groups in total. The number of aryl methyl sites for hydroxylation is 1. The van der Waals surface area contributed by atoms with Gasteiger partial charge in [0.2, 0.25) is 0 Å². The molecule has 20 heavy (non-hydrogen) atoms. The van der Waals surface area contributed by atoms with Crippen LogP contribution in [-0.4, -0.2) is 10.9 Å². The fourth-order valence-electron chi connectivity index (χ4n) is 1.51. The Bertz CT molecular complexity index is 668. The molecule has 0 aliphatic rings. The van der Waals surface area contributed by atoms with Gasteiger partial charge in [-0.15, -0.1) is 0 Å². The van der Waals surface area contributed by atoms with Crippen LogP contribution in [0.3, 0.4) is 0 Å². The summed E-state index contributed by atoms with van der Waals surface area (Å²) in [5.41, 5.74) is 7.16. The number of carbonyl (C=O) groups is 1. The second-order valence-corrected chi connectivity index (χ2v) is 5.80. The minimum atomic E-state index is -0.358. The molecule has 0 bridgehead atoms. The summed E-state index contributed by atoms with van der Waals surface area (Å²) >= 11 is 15.1. The molecule has 1 aromatic carbocycles. The molecule has 0 aliphatic carbocycles. The fourth-order valence-corrected chi connectivity index (χ4v) is 2.22. The average molecular weight is 375 g/mol. The first-order valence-electron chi connectivity index (χ1n) is 5.56. The maximum atomic E-state index is 12.1. The van der Waals surface area contributed by atoms with Crippen LogP contribution in [0.4, 0.5) is 11.5 Å². The van der Waals surface area contributed by atoms with E-state index in [0.29, 0.717) is 11.4 Å².